The van der Waals surface area contributed by atoms with Crippen molar-refractivity contribution in [1.82, 2.24) is 19.9 Å². The van der Waals surface area contributed by atoms with Gasteiger partial charge in [0.15, 0.2) is 4.77 Å². The van der Waals surface area contributed by atoms with E-state index in [0.29, 0.717) is 29.1 Å². The average molecular weight is 368 g/mol. The second-order valence-corrected chi connectivity index (χ2v) is 6.77. The molecule has 3 heterocycles. The van der Waals surface area contributed by atoms with Gasteiger partial charge in [-0.25, -0.2) is 4.39 Å². The molecule has 4 rings (SSSR count). The summed E-state index contributed by atoms with van der Waals surface area (Å²) < 4.78 is 14.2. The predicted octanol–water partition coefficient (Wildman–Crippen LogP) is 3.19. The van der Waals surface area contributed by atoms with Crippen molar-refractivity contribution in [3.8, 4) is 11.3 Å². The molecule has 0 amide bonds. The average Bonchev–Trinajstić information content (AvgIpc) is 2.63. The molecular formula is C19H17FN4OS. The minimum Gasteiger partial charge on any atom is -0.335 e. The summed E-state index contributed by atoms with van der Waals surface area (Å²) in [5, 5.41) is 0. The SMILES string of the molecule is O=c1[nH]c(=S)[nH]c2c1CN(Cc1ccc(-c3ccccc3F)nc1)CC2. The Balaban J connectivity index is 1.51. The summed E-state index contributed by atoms with van der Waals surface area (Å²) in [6, 6.07) is 10.4. The summed E-state index contributed by atoms with van der Waals surface area (Å²) in [7, 11) is 0. The lowest BCUT2D eigenvalue weighted by Gasteiger charge is -2.27. The topological polar surface area (TPSA) is 64.8 Å². The van der Waals surface area contributed by atoms with Crippen LogP contribution in [0.1, 0.15) is 16.8 Å². The number of benzene rings is 1. The highest BCUT2D eigenvalue weighted by atomic mass is 32.1. The molecule has 7 heteroatoms. The van der Waals surface area contributed by atoms with Crippen molar-refractivity contribution in [1.29, 1.82) is 0 Å². The Morgan fingerprint density at radius 3 is 2.81 bits per heavy atom. The molecule has 0 saturated carbocycles. The third-order valence-corrected chi connectivity index (χ3v) is 4.77. The number of aromatic amines is 2. The molecule has 0 atom stereocenters. The van der Waals surface area contributed by atoms with Crippen LogP contribution in [-0.2, 0) is 19.5 Å². The third kappa shape index (κ3) is 3.36. The van der Waals surface area contributed by atoms with Crippen LogP contribution in [0, 0.1) is 10.6 Å². The first kappa shape index (κ1) is 16.8. The van der Waals surface area contributed by atoms with Crippen molar-refractivity contribution >= 4 is 12.2 Å². The van der Waals surface area contributed by atoms with Gasteiger partial charge < -0.3 is 4.98 Å². The molecule has 0 saturated heterocycles. The molecule has 2 N–H and O–H groups in total. The van der Waals surface area contributed by atoms with E-state index in [1.54, 1.807) is 24.4 Å². The first-order valence-corrected chi connectivity index (χ1v) is 8.77. The number of aromatic nitrogens is 3. The Bertz CT molecular complexity index is 1060. The van der Waals surface area contributed by atoms with Gasteiger partial charge in [0.25, 0.3) is 5.56 Å². The molecule has 1 aromatic carbocycles. The molecule has 0 bridgehead atoms. The van der Waals surface area contributed by atoms with Crippen LogP contribution >= 0.6 is 12.2 Å². The third-order valence-electron chi connectivity index (χ3n) is 4.57. The van der Waals surface area contributed by atoms with Crippen LogP contribution < -0.4 is 5.56 Å². The molecule has 0 unspecified atom stereocenters. The number of hydrogen-bond acceptors (Lipinski definition) is 4. The van der Waals surface area contributed by atoms with Crippen LogP contribution in [-0.4, -0.2) is 26.4 Å². The number of nitrogens with zero attached hydrogens (tertiary/aromatic N) is 2. The summed E-state index contributed by atoms with van der Waals surface area (Å²) in [4.78, 5) is 24.4. The second kappa shape index (κ2) is 6.93. The number of hydrogen-bond donors (Lipinski definition) is 2. The van der Waals surface area contributed by atoms with Gasteiger partial charge in [0.1, 0.15) is 5.82 Å². The lowest BCUT2D eigenvalue weighted by molar-refractivity contribution is 0.241. The molecule has 3 aromatic rings. The highest BCUT2D eigenvalue weighted by molar-refractivity contribution is 7.71. The number of nitrogens with one attached hydrogen (secondary N) is 2. The van der Waals surface area contributed by atoms with Gasteiger partial charge in [-0.15, -0.1) is 0 Å². The normalized spacial score (nSPS) is 14.2. The molecule has 0 radical (unpaired) electrons. The standard InChI is InChI=1S/C19H17FN4OS/c20-15-4-2-1-3-13(15)16-6-5-12(9-21-16)10-24-8-7-17-14(11-24)18(25)23-19(26)22-17/h1-6,9H,7-8,10-11H2,(H2,22,23,25,26). The smallest absolute Gasteiger partial charge is 0.256 e. The summed E-state index contributed by atoms with van der Waals surface area (Å²) in [6.45, 7) is 2.07. The van der Waals surface area contributed by atoms with E-state index in [-0.39, 0.29) is 11.4 Å². The number of fused-ring (bicyclic) bond motifs is 1. The van der Waals surface area contributed by atoms with Crippen LogP contribution in [0.25, 0.3) is 11.3 Å². The van der Waals surface area contributed by atoms with Crippen molar-refractivity contribution in [2.24, 2.45) is 0 Å². The molecule has 0 aliphatic carbocycles. The molecule has 2 aromatic heterocycles. The van der Waals surface area contributed by atoms with Gasteiger partial charge in [0, 0.05) is 43.5 Å². The zero-order chi connectivity index (χ0) is 18.1. The van der Waals surface area contributed by atoms with Gasteiger partial charge in [-0.05, 0) is 36.0 Å². The molecule has 5 nitrogen and oxygen atoms in total. The fourth-order valence-corrected chi connectivity index (χ4v) is 3.47. The lowest BCUT2D eigenvalue weighted by Crippen LogP contribution is -2.35. The number of rotatable bonds is 3. The number of halogens is 1. The zero-order valence-electron chi connectivity index (χ0n) is 14.0. The van der Waals surface area contributed by atoms with Gasteiger partial charge in [-0.3, -0.25) is 19.7 Å². The number of H-pyrrole nitrogens is 2. The maximum Gasteiger partial charge on any atom is 0.256 e. The Morgan fingerprint density at radius 2 is 2.04 bits per heavy atom. The predicted molar refractivity (Wildman–Crippen MR) is 99.7 cm³/mol. The molecule has 132 valence electrons. The van der Waals surface area contributed by atoms with Gasteiger partial charge in [-0.2, -0.15) is 0 Å². The summed E-state index contributed by atoms with van der Waals surface area (Å²) >= 11 is 5.02. The van der Waals surface area contributed by atoms with Crippen molar-refractivity contribution in [2.45, 2.75) is 19.5 Å². The largest absolute Gasteiger partial charge is 0.335 e. The first-order chi connectivity index (χ1) is 12.6. The van der Waals surface area contributed by atoms with Gasteiger partial charge in [0.2, 0.25) is 0 Å². The van der Waals surface area contributed by atoms with Crippen LogP contribution in [0.2, 0.25) is 0 Å². The highest BCUT2D eigenvalue weighted by Gasteiger charge is 2.19. The highest BCUT2D eigenvalue weighted by Crippen LogP contribution is 2.21. The minimum atomic E-state index is -0.281. The fourth-order valence-electron chi connectivity index (χ4n) is 3.25. The van der Waals surface area contributed by atoms with E-state index in [0.717, 1.165) is 29.8 Å². The fraction of sp³-hybridized carbons (Fsp3) is 0.211. The van der Waals surface area contributed by atoms with E-state index in [4.69, 9.17) is 12.2 Å². The van der Waals surface area contributed by atoms with Crippen molar-refractivity contribution in [3.05, 3.63) is 80.4 Å². The maximum atomic E-state index is 13.9. The van der Waals surface area contributed by atoms with Gasteiger partial charge in [-0.1, -0.05) is 18.2 Å². The molecular weight excluding hydrogens is 351 g/mol. The Morgan fingerprint density at radius 1 is 1.19 bits per heavy atom. The maximum absolute atomic E-state index is 13.9. The van der Waals surface area contributed by atoms with Crippen LogP contribution in [0.4, 0.5) is 4.39 Å². The Kier molecular flexibility index (Phi) is 4.48. The number of pyridine rings is 1. The molecule has 1 aliphatic rings. The molecule has 26 heavy (non-hydrogen) atoms. The van der Waals surface area contributed by atoms with Crippen LogP contribution in [0.3, 0.4) is 0 Å². The summed E-state index contributed by atoms with van der Waals surface area (Å²) in [5.74, 6) is -0.281. The van der Waals surface area contributed by atoms with Gasteiger partial charge >= 0.3 is 0 Å². The second-order valence-electron chi connectivity index (χ2n) is 6.36. The van der Waals surface area contributed by atoms with Crippen molar-refractivity contribution in [2.75, 3.05) is 6.54 Å². The van der Waals surface area contributed by atoms with E-state index >= 15 is 0 Å². The monoisotopic (exact) mass is 368 g/mol. The van der Waals surface area contributed by atoms with Crippen LogP contribution in [0.5, 0.6) is 0 Å². The van der Waals surface area contributed by atoms with E-state index in [1.807, 2.05) is 12.1 Å². The quantitative estimate of drug-likeness (QED) is 0.697. The van der Waals surface area contributed by atoms with Crippen molar-refractivity contribution < 1.29 is 4.39 Å². The zero-order valence-corrected chi connectivity index (χ0v) is 14.8. The first-order valence-electron chi connectivity index (χ1n) is 8.37. The Labute approximate surface area is 154 Å². The van der Waals surface area contributed by atoms with E-state index in [9.17, 15) is 9.18 Å². The van der Waals surface area contributed by atoms with Gasteiger partial charge in [0.05, 0.1) is 11.3 Å². The minimum absolute atomic E-state index is 0.124. The van der Waals surface area contributed by atoms with E-state index in [2.05, 4.69) is 19.9 Å². The van der Waals surface area contributed by atoms with Crippen LogP contribution in [0.15, 0.2) is 47.4 Å². The summed E-state index contributed by atoms with van der Waals surface area (Å²) in [5.41, 5.74) is 3.66. The van der Waals surface area contributed by atoms with E-state index in [1.165, 1.54) is 6.07 Å². The van der Waals surface area contributed by atoms with E-state index < -0.39 is 0 Å². The molecule has 0 fully saturated rings. The molecule has 1 aliphatic heterocycles. The summed E-state index contributed by atoms with van der Waals surface area (Å²) in [6.07, 6.45) is 2.52. The lowest BCUT2D eigenvalue weighted by atomic mass is 10.1. The van der Waals surface area contributed by atoms with Crippen molar-refractivity contribution in [3.63, 3.8) is 0 Å². The molecule has 0 spiro atoms. The Hall–Kier alpha value is -2.64.